The third-order valence-electron chi connectivity index (χ3n) is 5.29. The Morgan fingerprint density at radius 2 is 2.16 bits per heavy atom. The minimum atomic E-state index is -1.91. The molecule has 3 heterocycles. The summed E-state index contributed by atoms with van der Waals surface area (Å²) < 4.78 is 13.9. The van der Waals surface area contributed by atoms with Gasteiger partial charge in [0.15, 0.2) is 19.5 Å². The number of H-pyrrole nitrogens is 1. The van der Waals surface area contributed by atoms with Crippen LogP contribution in [0.5, 0.6) is 0 Å². The van der Waals surface area contributed by atoms with Crippen LogP contribution in [0.2, 0.25) is 18.1 Å². The van der Waals surface area contributed by atoms with Crippen LogP contribution in [0.15, 0.2) is 17.4 Å². The number of rotatable bonds is 4. The van der Waals surface area contributed by atoms with Crippen molar-refractivity contribution >= 4 is 19.5 Å². The summed E-state index contributed by atoms with van der Waals surface area (Å²) in [5.41, 5.74) is 0.425. The van der Waals surface area contributed by atoms with Gasteiger partial charge in [-0.05, 0) is 18.1 Å². The number of ether oxygens (including phenoxy) is 1. The Bertz CT molecular complexity index is 810. The van der Waals surface area contributed by atoms with Gasteiger partial charge in [-0.1, -0.05) is 20.8 Å². The standard InChI is InChI=1S/C16H26N4O4Si/c1-16(2,3)25(4,5)23-7-11-10(21)6-12(24-11)20-9-19-13-14(20)17-8-18-15(13)22/h8-12,21H,6-7H2,1-5H3,(H,17,18,22)/t10-,11+,12-/m1/s1. The molecule has 0 unspecified atom stereocenters. The van der Waals surface area contributed by atoms with E-state index >= 15 is 0 Å². The van der Waals surface area contributed by atoms with Gasteiger partial charge in [-0.3, -0.25) is 9.36 Å². The maximum absolute atomic E-state index is 11.8. The summed E-state index contributed by atoms with van der Waals surface area (Å²) in [5.74, 6) is 0. The Morgan fingerprint density at radius 3 is 2.84 bits per heavy atom. The zero-order chi connectivity index (χ0) is 18.4. The highest BCUT2D eigenvalue weighted by atomic mass is 28.4. The number of aromatic amines is 1. The molecule has 9 heteroatoms. The molecule has 0 spiro atoms. The lowest BCUT2D eigenvalue weighted by Gasteiger charge is -2.37. The monoisotopic (exact) mass is 366 g/mol. The highest BCUT2D eigenvalue weighted by Gasteiger charge is 2.41. The van der Waals surface area contributed by atoms with Crippen molar-refractivity contribution in [3.63, 3.8) is 0 Å². The van der Waals surface area contributed by atoms with Crippen LogP contribution in [0.4, 0.5) is 0 Å². The minimum Gasteiger partial charge on any atom is -0.414 e. The van der Waals surface area contributed by atoms with E-state index < -0.39 is 26.8 Å². The molecule has 138 valence electrons. The number of hydrogen-bond donors (Lipinski definition) is 2. The molecule has 8 nitrogen and oxygen atoms in total. The smallest absolute Gasteiger partial charge is 0.278 e. The first-order chi connectivity index (χ1) is 11.6. The summed E-state index contributed by atoms with van der Waals surface area (Å²) >= 11 is 0. The van der Waals surface area contributed by atoms with E-state index in [1.165, 1.54) is 12.7 Å². The fraction of sp³-hybridized carbons (Fsp3) is 0.688. The number of aromatic nitrogens is 4. The van der Waals surface area contributed by atoms with Crippen LogP contribution in [-0.2, 0) is 9.16 Å². The predicted octanol–water partition coefficient (Wildman–Crippen LogP) is 1.79. The highest BCUT2D eigenvalue weighted by Crippen LogP contribution is 2.38. The Hall–Kier alpha value is -1.55. The minimum absolute atomic E-state index is 0.0987. The Labute approximate surface area is 147 Å². The third kappa shape index (κ3) is 3.41. The van der Waals surface area contributed by atoms with E-state index in [0.29, 0.717) is 18.7 Å². The second-order valence-corrected chi connectivity index (χ2v) is 12.9. The molecule has 0 amide bonds. The first-order valence-electron chi connectivity index (χ1n) is 8.48. The van der Waals surface area contributed by atoms with Crippen molar-refractivity contribution in [2.75, 3.05) is 6.61 Å². The van der Waals surface area contributed by atoms with Gasteiger partial charge in [0.2, 0.25) is 0 Å². The molecule has 0 radical (unpaired) electrons. The van der Waals surface area contributed by atoms with Crippen molar-refractivity contribution in [2.24, 2.45) is 0 Å². The van der Waals surface area contributed by atoms with Crippen LogP contribution in [0.1, 0.15) is 33.4 Å². The lowest BCUT2D eigenvalue weighted by atomic mass is 10.2. The number of hydrogen-bond acceptors (Lipinski definition) is 6. The predicted molar refractivity (Wildman–Crippen MR) is 95.8 cm³/mol. The van der Waals surface area contributed by atoms with Crippen LogP contribution < -0.4 is 5.56 Å². The molecule has 1 aliphatic heterocycles. The molecule has 0 bridgehead atoms. The Balaban J connectivity index is 1.73. The van der Waals surface area contributed by atoms with Gasteiger partial charge in [0.1, 0.15) is 12.3 Å². The highest BCUT2D eigenvalue weighted by molar-refractivity contribution is 6.74. The van der Waals surface area contributed by atoms with E-state index in [1.807, 2.05) is 0 Å². The third-order valence-corrected chi connectivity index (χ3v) is 9.79. The number of aliphatic hydroxyl groups excluding tert-OH is 1. The van der Waals surface area contributed by atoms with Gasteiger partial charge in [-0.2, -0.15) is 0 Å². The molecule has 0 saturated carbocycles. The number of fused-ring (bicyclic) bond motifs is 1. The van der Waals surface area contributed by atoms with Crippen molar-refractivity contribution < 1.29 is 14.3 Å². The molecule has 0 aliphatic carbocycles. The second kappa shape index (κ2) is 6.31. The molecule has 1 aliphatic rings. The van der Waals surface area contributed by atoms with E-state index in [9.17, 15) is 9.90 Å². The molecular weight excluding hydrogens is 340 g/mol. The number of imidazole rings is 1. The number of nitrogens with one attached hydrogen (secondary N) is 1. The Morgan fingerprint density at radius 1 is 1.44 bits per heavy atom. The average molecular weight is 366 g/mol. The molecule has 0 aromatic carbocycles. The van der Waals surface area contributed by atoms with E-state index in [0.717, 1.165) is 0 Å². The SMILES string of the molecule is CC(C)(C)[Si](C)(C)OC[C@@H]1O[C@@H](n2cnc3c(=O)[nH]cnc32)C[C@H]1O. The molecule has 2 aromatic heterocycles. The zero-order valence-corrected chi connectivity index (χ0v) is 16.3. The number of aliphatic hydroxyl groups is 1. The van der Waals surface area contributed by atoms with Gasteiger partial charge < -0.3 is 19.3 Å². The largest absolute Gasteiger partial charge is 0.414 e. The fourth-order valence-electron chi connectivity index (χ4n) is 2.62. The second-order valence-electron chi connectivity index (χ2n) is 8.06. The van der Waals surface area contributed by atoms with Gasteiger partial charge in [0.25, 0.3) is 5.56 Å². The fourth-order valence-corrected chi connectivity index (χ4v) is 3.63. The van der Waals surface area contributed by atoms with Crippen molar-refractivity contribution in [1.82, 2.24) is 19.5 Å². The van der Waals surface area contributed by atoms with E-state index in [2.05, 4.69) is 48.8 Å². The maximum Gasteiger partial charge on any atom is 0.278 e. The van der Waals surface area contributed by atoms with Gasteiger partial charge in [-0.15, -0.1) is 0 Å². The molecule has 2 aromatic rings. The van der Waals surface area contributed by atoms with Crippen molar-refractivity contribution in [3.05, 3.63) is 23.0 Å². The summed E-state index contributed by atoms with van der Waals surface area (Å²) in [6.45, 7) is 11.2. The maximum atomic E-state index is 11.8. The van der Waals surface area contributed by atoms with Gasteiger partial charge in [0, 0.05) is 6.42 Å². The van der Waals surface area contributed by atoms with Gasteiger partial charge in [0.05, 0.1) is 25.4 Å². The first kappa shape index (κ1) is 18.2. The molecule has 3 atom stereocenters. The Kier molecular flexibility index (Phi) is 4.61. The van der Waals surface area contributed by atoms with Crippen LogP contribution in [0, 0.1) is 0 Å². The molecule has 3 rings (SSSR count). The lowest BCUT2D eigenvalue weighted by molar-refractivity contribution is -0.0405. The summed E-state index contributed by atoms with van der Waals surface area (Å²) in [5, 5.41) is 10.5. The van der Waals surface area contributed by atoms with Gasteiger partial charge >= 0.3 is 0 Å². The molecule has 2 N–H and O–H groups in total. The molecule has 1 saturated heterocycles. The molecular formula is C16H26N4O4Si. The van der Waals surface area contributed by atoms with E-state index in [-0.39, 0.29) is 16.1 Å². The quantitative estimate of drug-likeness (QED) is 0.800. The van der Waals surface area contributed by atoms with Crippen molar-refractivity contribution in [2.45, 2.75) is 63.8 Å². The summed E-state index contributed by atoms with van der Waals surface area (Å²) in [6, 6.07) is 0. The van der Waals surface area contributed by atoms with Crippen LogP contribution in [0.25, 0.3) is 11.2 Å². The van der Waals surface area contributed by atoms with Crippen LogP contribution >= 0.6 is 0 Å². The summed E-state index contributed by atoms with van der Waals surface area (Å²) in [7, 11) is -1.91. The topological polar surface area (TPSA) is 102 Å². The van der Waals surface area contributed by atoms with Crippen LogP contribution in [0.3, 0.4) is 0 Å². The van der Waals surface area contributed by atoms with Gasteiger partial charge in [-0.25, -0.2) is 9.97 Å². The zero-order valence-electron chi connectivity index (χ0n) is 15.3. The molecule has 25 heavy (non-hydrogen) atoms. The van der Waals surface area contributed by atoms with Crippen molar-refractivity contribution in [3.8, 4) is 0 Å². The normalized spacial score (nSPS) is 25.0. The number of nitrogens with zero attached hydrogens (tertiary/aromatic N) is 3. The van der Waals surface area contributed by atoms with E-state index in [4.69, 9.17) is 9.16 Å². The lowest BCUT2D eigenvalue weighted by Crippen LogP contribution is -2.43. The molecule has 1 fully saturated rings. The summed E-state index contributed by atoms with van der Waals surface area (Å²) in [6.07, 6.45) is 1.83. The first-order valence-corrected chi connectivity index (χ1v) is 11.4. The van der Waals surface area contributed by atoms with Crippen molar-refractivity contribution in [1.29, 1.82) is 0 Å². The van der Waals surface area contributed by atoms with E-state index in [1.54, 1.807) is 4.57 Å². The average Bonchev–Trinajstić information content (AvgIpc) is 3.08. The van der Waals surface area contributed by atoms with Crippen LogP contribution in [-0.4, -0.2) is 51.8 Å². The summed E-state index contributed by atoms with van der Waals surface area (Å²) in [4.78, 5) is 22.5.